The summed E-state index contributed by atoms with van der Waals surface area (Å²) in [5.41, 5.74) is 2.08. The van der Waals surface area contributed by atoms with Crippen molar-refractivity contribution in [3.05, 3.63) is 71.5 Å². The number of aromatic nitrogens is 2. The van der Waals surface area contributed by atoms with Crippen molar-refractivity contribution in [1.82, 2.24) is 9.55 Å². The molecule has 0 spiro atoms. The van der Waals surface area contributed by atoms with Crippen LogP contribution in [0.2, 0.25) is 0 Å². The third-order valence-electron chi connectivity index (χ3n) is 3.52. The number of pyridine rings is 1. The zero-order chi connectivity index (χ0) is 13.5. The van der Waals surface area contributed by atoms with Gasteiger partial charge in [-0.05, 0) is 57.0 Å². The second kappa shape index (κ2) is 4.46. The zero-order valence-corrected chi connectivity index (χ0v) is 12.2. The van der Waals surface area contributed by atoms with Crippen molar-refractivity contribution in [2.24, 2.45) is 0 Å². The second-order valence-electron chi connectivity index (χ2n) is 4.75. The van der Waals surface area contributed by atoms with Gasteiger partial charge in [-0.1, -0.05) is 24.3 Å². The molecule has 0 bridgehead atoms. The molecule has 0 fully saturated rings. The van der Waals surface area contributed by atoms with E-state index in [1.807, 2.05) is 12.3 Å². The van der Waals surface area contributed by atoms with E-state index in [1.54, 1.807) is 0 Å². The monoisotopic (exact) mass is 322 g/mol. The van der Waals surface area contributed by atoms with E-state index in [0.29, 0.717) is 0 Å². The van der Waals surface area contributed by atoms with Crippen LogP contribution in [0.1, 0.15) is 0 Å². The van der Waals surface area contributed by atoms with Gasteiger partial charge in [0.25, 0.3) is 0 Å². The molecule has 0 saturated carbocycles. The Morgan fingerprint density at radius 3 is 2.45 bits per heavy atom. The van der Waals surface area contributed by atoms with Crippen LogP contribution in [0.3, 0.4) is 0 Å². The fourth-order valence-corrected chi connectivity index (χ4v) is 3.10. The van der Waals surface area contributed by atoms with E-state index in [1.165, 1.54) is 10.8 Å². The third-order valence-corrected chi connectivity index (χ3v) is 4.16. The Morgan fingerprint density at radius 2 is 1.60 bits per heavy atom. The average Bonchev–Trinajstić information content (AvgIpc) is 2.90. The first-order valence-corrected chi connectivity index (χ1v) is 7.23. The summed E-state index contributed by atoms with van der Waals surface area (Å²) >= 11 is 3.68. The average molecular weight is 323 g/mol. The first kappa shape index (κ1) is 11.7. The van der Waals surface area contributed by atoms with Gasteiger partial charge < -0.3 is 4.57 Å². The summed E-state index contributed by atoms with van der Waals surface area (Å²) < 4.78 is 3.19. The van der Waals surface area contributed by atoms with Crippen molar-refractivity contribution in [3.63, 3.8) is 0 Å². The van der Waals surface area contributed by atoms with Gasteiger partial charge in [-0.15, -0.1) is 0 Å². The summed E-state index contributed by atoms with van der Waals surface area (Å²) in [5, 5.41) is 3.60. The molecule has 2 nitrogen and oxygen atoms in total. The number of fused-ring (bicyclic) bond motifs is 2. The lowest BCUT2D eigenvalue weighted by atomic mass is 10.1. The molecule has 0 aliphatic carbocycles. The summed E-state index contributed by atoms with van der Waals surface area (Å²) in [7, 11) is 0. The number of rotatable bonds is 1. The third kappa shape index (κ3) is 1.74. The summed E-state index contributed by atoms with van der Waals surface area (Å²) in [4.78, 5) is 4.48. The molecule has 2 aromatic heterocycles. The summed E-state index contributed by atoms with van der Waals surface area (Å²) in [6, 6.07) is 18.8. The molecule has 0 aliphatic heterocycles. The zero-order valence-electron chi connectivity index (χ0n) is 10.6. The van der Waals surface area contributed by atoms with Crippen LogP contribution < -0.4 is 0 Å². The molecule has 4 rings (SSSR count). The van der Waals surface area contributed by atoms with E-state index < -0.39 is 0 Å². The van der Waals surface area contributed by atoms with Gasteiger partial charge in [-0.3, -0.25) is 0 Å². The lowest BCUT2D eigenvalue weighted by molar-refractivity contribution is 1.09. The molecular weight excluding hydrogens is 312 g/mol. The molecule has 0 unspecified atom stereocenters. The molecule has 4 aromatic rings. The van der Waals surface area contributed by atoms with E-state index in [-0.39, 0.29) is 0 Å². The molecule has 20 heavy (non-hydrogen) atoms. The number of hydrogen-bond acceptors (Lipinski definition) is 1. The highest BCUT2D eigenvalue weighted by Crippen LogP contribution is 2.29. The highest BCUT2D eigenvalue weighted by molar-refractivity contribution is 9.10. The molecule has 3 heteroatoms. The van der Waals surface area contributed by atoms with Crippen LogP contribution in [-0.4, -0.2) is 9.55 Å². The fourth-order valence-electron chi connectivity index (χ4n) is 2.55. The molecule has 2 heterocycles. The number of benzene rings is 2. The van der Waals surface area contributed by atoms with Crippen molar-refractivity contribution >= 4 is 37.7 Å². The highest BCUT2D eigenvalue weighted by Gasteiger charge is 2.08. The van der Waals surface area contributed by atoms with Gasteiger partial charge >= 0.3 is 0 Å². The van der Waals surface area contributed by atoms with E-state index in [4.69, 9.17) is 0 Å². The van der Waals surface area contributed by atoms with Crippen LogP contribution in [0.15, 0.2) is 71.5 Å². The normalized spacial score (nSPS) is 11.2. The van der Waals surface area contributed by atoms with Crippen molar-refractivity contribution in [2.45, 2.75) is 0 Å². The van der Waals surface area contributed by atoms with Crippen LogP contribution in [0, 0.1) is 0 Å². The maximum absolute atomic E-state index is 4.48. The van der Waals surface area contributed by atoms with Crippen molar-refractivity contribution in [2.75, 3.05) is 0 Å². The van der Waals surface area contributed by atoms with Crippen LogP contribution >= 0.6 is 15.9 Å². The van der Waals surface area contributed by atoms with Crippen LogP contribution in [0.25, 0.3) is 27.5 Å². The first-order chi connectivity index (χ1) is 9.83. The number of hydrogen-bond donors (Lipinski definition) is 0. The minimum Gasteiger partial charge on any atom is -0.300 e. The lowest BCUT2D eigenvalue weighted by Crippen LogP contribution is -1.95. The molecule has 0 N–H and O–H groups in total. The molecule has 0 radical (unpaired) electrons. The molecule has 0 saturated heterocycles. The molecular formula is C17H11BrN2. The van der Waals surface area contributed by atoms with Crippen molar-refractivity contribution in [3.8, 4) is 5.69 Å². The smallest absolute Gasteiger partial charge is 0.144 e. The van der Waals surface area contributed by atoms with E-state index >= 15 is 0 Å². The van der Waals surface area contributed by atoms with Crippen LogP contribution in [0.4, 0.5) is 0 Å². The summed E-state index contributed by atoms with van der Waals surface area (Å²) in [5.74, 6) is 0. The fraction of sp³-hybridized carbons (Fsp3) is 0. The Labute approximate surface area is 124 Å². The lowest BCUT2D eigenvalue weighted by Gasteiger charge is -2.09. The molecule has 0 atom stereocenters. The van der Waals surface area contributed by atoms with Crippen molar-refractivity contribution in [1.29, 1.82) is 0 Å². The quantitative estimate of drug-likeness (QED) is 0.485. The van der Waals surface area contributed by atoms with Gasteiger partial charge in [-0.2, -0.15) is 0 Å². The Hall–Kier alpha value is -2.13. The van der Waals surface area contributed by atoms with Crippen molar-refractivity contribution < 1.29 is 0 Å². The molecule has 96 valence electrons. The minimum absolute atomic E-state index is 0.975. The molecule has 2 aromatic carbocycles. The Kier molecular flexibility index (Phi) is 2.60. The van der Waals surface area contributed by atoms with Gasteiger partial charge in [0.2, 0.25) is 0 Å². The summed E-state index contributed by atoms with van der Waals surface area (Å²) in [6.07, 6.45) is 3.89. The van der Waals surface area contributed by atoms with Gasteiger partial charge in [0, 0.05) is 22.3 Å². The Bertz CT molecular complexity index is 924. The maximum atomic E-state index is 4.48. The predicted molar refractivity (Wildman–Crippen MR) is 86.3 cm³/mol. The Balaban J connectivity index is 2.04. The topological polar surface area (TPSA) is 17.8 Å². The van der Waals surface area contributed by atoms with Gasteiger partial charge in [0.1, 0.15) is 5.65 Å². The standard InChI is InChI=1S/C17H11BrN2/c18-15-10-13-4-1-2-5-14(13)11-16(15)20-9-7-12-6-3-8-19-17(12)20/h1-11H. The summed E-state index contributed by atoms with van der Waals surface area (Å²) in [6.45, 7) is 0. The second-order valence-corrected chi connectivity index (χ2v) is 5.61. The number of halogens is 1. The van der Waals surface area contributed by atoms with Crippen LogP contribution in [0.5, 0.6) is 0 Å². The molecule has 0 amide bonds. The van der Waals surface area contributed by atoms with Crippen LogP contribution in [-0.2, 0) is 0 Å². The van der Waals surface area contributed by atoms with Gasteiger partial charge in [0.05, 0.1) is 5.69 Å². The van der Waals surface area contributed by atoms with E-state index in [9.17, 15) is 0 Å². The SMILES string of the molecule is Brc1cc2ccccc2cc1-n1ccc2cccnc21. The predicted octanol–water partition coefficient (Wildman–Crippen LogP) is 4.94. The largest absolute Gasteiger partial charge is 0.300 e. The molecule has 0 aliphatic rings. The van der Waals surface area contributed by atoms with Gasteiger partial charge in [0.15, 0.2) is 0 Å². The first-order valence-electron chi connectivity index (χ1n) is 6.44. The minimum atomic E-state index is 0.975. The highest BCUT2D eigenvalue weighted by atomic mass is 79.9. The number of nitrogens with zero attached hydrogens (tertiary/aromatic N) is 2. The van der Waals surface area contributed by atoms with E-state index in [2.05, 4.69) is 80.2 Å². The van der Waals surface area contributed by atoms with E-state index in [0.717, 1.165) is 21.2 Å². The Morgan fingerprint density at radius 1 is 0.850 bits per heavy atom. The maximum Gasteiger partial charge on any atom is 0.144 e. The van der Waals surface area contributed by atoms with Gasteiger partial charge in [-0.25, -0.2) is 4.98 Å².